The molecule has 0 amide bonds. The molecule has 1 aromatic heterocycles. The van der Waals surface area contributed by atoms with E-state index < -0.39 is 36.4 Å². The highest BCUT2D eigenvalue weighted by Crippen LogP contribution is 2.31. The third-order valence-electron chi connectivity index (χ3n) is 2.32. The zero-order valence-corrected chi connectivity index (χ0v) is 10.9. The van der Waals surface area contributed by atoms with Crippen molar-refractivity contribution in [1.29, 1.82) is 0 Å². The molecule has 1 heterocycles. The molecule has 0 saturated heterocycles. The molecular weight excluding hydrogens is 304 g/mol. The van der Waals surface area contributed by atoms with Gasteiger partial charge >= 0.3 is 12.4 Å². The Hall–Kier alpha value is -1.78. The van der Waals surface area contributed by atoms with E-state index in [1.807, 2.05) is 5.43 Å². The number of nitrogen functional groups attached to an aromatic ring is 1. The van der Waals surface area contributed by atoms with Crippen LogP contribution in [0.25, 0.3) is 0 Å². The minimum atomic E-state index is -4.82. The van der Waals surface area contributed by atoms with E-state index in [1.165, 1.54) is 0 Å². The summed E-state index contributed by atoms with van der Waals surface area (Å²) in [5.41, 5.74) is 0.438. The molecule has 0 atom stereocenters. The molecule has 0 aliphatic carbocycles. The summed E-state index contributed by atoms with van der Waals surface area (Å²) in [5, 5.41) is 0. The number of rotatable bonds is 5. The van der Waals surface area contributed by atoms with Crippen molar-refractivity contribution in [2.45, 2.75) is 25.7 Å². The summed E-state index contributed by atoms with van der Waals surface area (Å²) in [6.07, 6.45) is -9.10. The Kier molecular flexibility index (Phi) is 5.20. The van der Waals surface area contributed by atoms with Gasteiger partial charge in [0.2, 0.25) is 5.95 Å². The molecule has 1 aromatic rings. The van der Waals surface area contributed by atoms with Gasteiger partial charge in [0.15, 0.2) is 5.69 Å². The number of aromatic nitrogens is 2. The van der Waals surface area contributed by atoms with Crippen LogP contribution in [0.3, 0.4) is 0 Å². The van der Waals surface area contributed by atoms with Gasteiger partial charge in [0.25, 0.3) is 0 Å². The minimum absolute atomic E-state index is 0.113. The second kappa shape index (κ2) is 6.33. The van der Waals surface area contributed by atoms with Crippen LogP contribution in [-0.2, 0) is 6.18 Å². The van der Waals surface area contributed by atoms with Gasteiger partial charge in [-0.3, -0.25) is 5.43 Å². The molecule has 0 spiro atoms. The van der Waals surface area contributed by atoms with Crippen molar-refractivity contribution >= 4 is 11.8 Å². The molecule has 1 rings (SSSR count). The van der Waals surface area contributed by atoms with E-state index in [0.29, 0.717) is 17.4 Å². The van der Waals surface area contributed by atoms with Crippen LogP contribution in [0.1, 0.15) is 19.0 Å². The average molecular weight is 317 g/mol. The number of hydrazine groups is 1. The quantitative estimate of drug-likeness (QED) is 0.496. The van der Waals surface area contributed by atoms with E-state index in [2.05, 4.69) is 9.97 Å². The molecule has 120 valence electrons. The summed E-state index contributed by atoms with van der Waals surface area (Å²) in [6.45, 7) is 0.0638. The van der Waals surface area contributed by atoms with Crippen LogP contribution in [0.5, 0.6) is 0 Å². The number of nitrogens with one attached hydrogen (secondary N) is 1. The van der Waals surface area contributed by atoms with Gasteiger partial charge in [0.1, 0.15) is 12.4 Å². The minimum Gasteiger partial charge on any atom is -0.347 e. The number of halogens is 6. The third kappa shape index (κ3) is 5.25. The molecule has 0 unspecified atom stereocenters. The van der Waals surface area contributed by atoms with Gasteiger partial charge in [-0.25, -0.2) is 10.8 Å². The SMILES string of the molecule is CCCN(CC(F)(F)F)c1cc(C(F)(F)F)nc(NN)n1. The highest BCUT2D eigenvalue weighted by Gasteiger charge is 2.36. The maximum Gasteiger partial charge on any atom is 0.433 e. The van der Waals surface area contributed by atoms with Gasteiger partial charge < -0.3 is 4.90 Å². The Morgan fingerprint density at radius 2 is 1.81 bits per heavy atom. The summed E-state index contributed by atoms with van der Waals surface area (Å²) < 4.78 is 75.5. The Bertz CT molecular complexity index is 472. The van der Waals surface area contributed by atoms with Crippen molar-refractivity contribution in [1.82, 2.24) is 9.97 Å². The van der Waals surface area contributed by atoms with Gasteiger partial charge in [-0.15, -0.1) is 0 Å². The number of nitrogens with two attached hydrogens (primary N) is 1. The first-order valence-electron chi connectivity index (χ1n) is 5.81. The van der Waals surface area contributed by atoms with Gasteiger partial charge in [0, 0.05) is 12.6 Å². The monoisotopic (exact) mass is 317 g/mol. The van der Waals surface area contributed by atoms with E-state index in [4.69, 9.17) is 5.84 Å². The van der Waals surface area contributed by atoms with Gasteiger partial charge in [0.05, 0.1) is 0 Å². The van der Waals surface area contributed by atoms with E-state index in [0.717, 1.165) is 0 Å². The molecule has 0 aromatic carbocycles. The molecule has 11 heteroatoms. The zero-order valence-electron chi connectivity index (χ0n) is 10.9. The van der Waals surface area contributed by atoms with Crippen LogP contribution in [0, 0.1) is 0 Å². The predicted molar refractivity (Wildman–Crippen MR) is 63.4 cm³/mol. The first-order chi connectivity index (χ1) is 9.56. The molecule has 21 heavy (non-hydrogen) atoms. The van der Waals surface area contributed by atoms with Crippen molar-refractivity contribution in [2.24, 2.45) is 5.84 Å². The van der Waals surface area contributed by atoms with Crippen molar-refractivity contribution in [3.05, 3.63) is 11.8 Å². The van der Waals surface area contributed by atoms with Crippen molar-refractivity contribution in [3.8, 4) is 0 Å². The molecule has 0 aliphatic heterocycles. The third-order valence-corrected chi connectivity index (χ3v) is 2.32. The highest BCUT2D eigenvalue weighted by atomic mass is 19.4. The largest absolute Gasteiger partial charge is 0.433 e. The summed E-state index contributed by atoms with van der Waals surface area (Å²) in [5.74, 6) is 3.85. The number of alkyl halides is 6. The molecule has 0 bridgehead atoms. The second-order valence-electron chi connectivity index (χ2n) is 4.11. The van der Waals surface area contributed by atoms with E-state index >= 15 is 0 Å². The van der Waals surface area contributed by atoms with Gasteiger partial charge in [-0.1, -0.05) is 6.92 Å². The summed E-state index contributed by atoms with van der Waals surface area (Å²) in [4.78, 5) is 7.32. The first-order valence-corrected chi connectivity index (χ1v) is 5.81. The van der Waals surface area contributed by atoms with Gasteiger partial charge in [-0.2, -0.15) is 31.3 Å². The Morgan fingerprint density at radius 1 is 1.19 bits per heavy atom. The fourth-order valence-electron chi connectivity index (χ4n) is 1.57. The number of nitrogens with zero attached hydrogens (tertiary/aromatic N) is 3. The number of hydrogen-bond acceptors (Lipinski definition) is 5. The normalized spacial score (nSPS) is 12.4. The highest BCUT2D eigenvalue weighted by molar-refractivity contribution is 5.45. The van der Waals surface area contributed by atoms with Crippen LogP contribution < -0.4 is 16.2 Å². The molecular formula is C10H13F6N5. The standard InChI is InChI=1S/C10H13F6N5/c1-2-3-21(5-9(11,12)13)7-4-6(10(14,15)16)18-8(19-7)20-17/h4H,2-3,5,17H2,1H3,(H,18,19,20). The fourth-order valence-corrected chi connectivity index (χ4v) is 1.57. The molecule has 5 nitrogen and oxygen atoms in total. The lowest BCUT2D eigenvalue weighted by molar-refractivity contribution is -0.141. The fraction of sp³-hybridized carbons (Fsp3) is 0.600. The Balaban J connectivity index is 3.23. The lowest BCUT2D eigenvalue weighted by Gasteiger charge is -2.25. The number of anilines is 2. The predicted octanol–water partition coefficient (Wildman–Crippen LogP) is 2.56. The van der Waals surface area contributed by atoms with Crippen molar-refractivity contribution in [2.75, 3.05) is 23.4 Å². The lowest BCUT2D eigenvalue weighted by Crippen LogP contribution is -2.36. The Labute approximate surface area is 116 Å². The van der Waals surface area contributed by atoms with Crippen LogP contribution in [0.2, 0.25) is 0 Å². The van der Waals surface area contributed by atoms with Crippen LogP contribution in [-0.4, -0.2) is 29.2 Å². The smallest absolute Gasteiger partial charge is 0.347 e. The van der Waals surface area contributed by atoms with Crippen molar-refractivity contribution in [3.63, 3.8) is 0 Å². The van der Waals surface area contributed by atoms with E-state index in [-0.39, 0.29) is 6.54 Å². The van der Waals surface area contributed by atoms with E-state index in [9.17, 15) is 26.3 Å². The molecule has 0 saturated carbocycles. The maximum absolute atomic E-state index is 12.7. The molecule has 0 aliphatic rings. The summed E-state index contributed by atoms with van der Waals surface area (Å²) in [7, 11) is 0. The second-order valence-corrected chi connectivity index (χ2v) is 4.11. The molecule has 0 radical (unpaired) electrons. The topological polar surface area (TPSA) is 67.1 Å². The van der Waals surface area contributed by atoms with Gasteiger partial charge in [-0.05, 0) is 6.42 Å². The number of hydrogen-bond donors (Lipinski definition) is 2. The lowest BCUT2D eigenvalue weighted by atomic mass is 10.3. The molecule has 3 N–H and O–H groups in total. The van der Waals surface area contributed by atoms with Crippen LogP contribution >= 0.6 is 0 Å². The van der Waals surface area contributed by atoms with E-state index in [1.54, 1.807) is 6.92 Å². The average Bonchev–Trinajstić information content (AvgIpc) is 2.35. The summed E-state index contributed by atoms with van der Waals surface area (Å²) in [6, 6.07) is 0.461. The Morgan fingerprint density at radius 3 is 2.24 bits per heavy atom. The zero-order chi connectivity index (χ0) is 16.3. The van der Waals surface area contributed by atoms with Crippen LogP contribution in [0.4, 0.5) is 38.1 Å². The van der Waals surface area contributed by atoms with Crippen LogP contribution in [0.15, 0.2) is 6.07 Å². The first kappa shape index (κ1) is 17.3. The summed E-state index contributed by atoms with van der Waals surface area (Å²) >= 11 is 0. The molecule has 0 fully saturated rings. The maximum atomic E-state index is 12.7. The van der Waals surface area contributed by atoms with Crippen molar-refractivity contribution < 1.29 is 26.3 Å².